The van der Waals surface area contributed by atoms with Crippen molar-refractivity contribution in [2.24, 2.45) is 13.0 Å². The molecule has 2 aliphatic carbocycles. The Morgan fingerprint density at radius 1 is 1.10 bits per heavy atom. The minimum Gasteiger partial charge on any atom is -0.355 e. The minimum absolute atomic E-state index is 0.0659. The van der Waals surface area contributed by atoms with Gasteiger partial charge in [-0.2, -0.15) is 5.10 Å². The maximum Gasteiger partial charge on any atom is 0.251 e. The molecule has 2 saturated carbocycles. The number of hydrogen-bond donors (Lipinski definition) is 1. The third kappa shape index (κ3) is 3.11. The fourth-order valence-electron chi connectivity index (χ4n) is 5.15. The molecule has 29 heavy (non-hydrogen) atoms. The summed E-state index contributed by atoms with van der Waals surface area (Å²) < 4.78 is 1.79. The lowest BCUT2D eigenvalue weighted by molar-refractivity contribution is -0.136. The number of carbonyl (C=O) groups is 2. The first kappa shape index (κ1) is 18.6. The molecule has 1 atom stereocenters. The minimum atomic E-state index is -0.111. The molecule has 0 spiro atoms. The van der Waals surface area contributed by atoms with Gasteiger partial charge in [0.15, 0.2) is 5.65 Å². The van der Waals surface area contributed by atoms with Crippen molar-refractivity contribution in [3.05, 3.63) is 23.0 Å². The Kier molecular flexibility index (Phi) is 4.56. The lowest BCUT2D eigenvalue weighted by Gasteiger charge is -2.26. The fourth-order valence-corrected chi connectivity index (χ4v) is 5.15. The van der Waals surface area contributed by atoms with Gasteiger partial charge in [0.2, 0.25) is 5.91 Å². The molecule has 7 heteroatoms. The van der Waals surface area contributed by atoms with E-state index in [4.69, 9.17) is 10.1 Å². The molecule has 5 rings (SSSR count). The summed E-state index contributed by atoms with van der Waals surface area (Å²) in [5.74, 6) is 0.768. The zero-order valence-corrected chi connectivity index (χ0v) is 17.3. The van der Waals surface area contributed by atoms with Crippen molar-refractivity contribution >= 4 is 22.8 Å². The van der Waals surface area contributed by atoms with Crippen LogP contribution in [0.15, 0.2) is 6.07 Å². The molecule has 2 aromatic heterocycles. The van der Waals surface area contributed by atoms with E-state index in [0.29, 0.717) is 11.5 Å². The van der Waals surface area contributed by atoms with E-state index < -0.39 is 0 Å². The van der Waals surface area contributed by atoms with Crippen LogP contribution in [-0.4, -0.2) is 45.1 Å². The number of aryl methyl sites for hydroxylation is 1. The van der Waals surface area contributed by atoms with Gasteiger partial charge in [-0.1, -0.05) is 12.8 Å². The first-order valence-corrected chi connectivity index (χ1v) is 11.0. The smallest absolute Gasteiger partial charge is 0.251 e. The zero-order valence-electron chi connectivity index (χ0n) is 17.3. The summed E-state index contributed by atoms with van der Waals surface area (Å²) in [5, 5.41) is 8.40. The first-order chi connectivity index (χ1) is 14.1. The van der Waals surface area contributed by atoms with E-state index in [9.17, 15) is 9.59 Å². The number of likely N-dealkylation sites (tertiary alicyclic amines) is 1. The summed E-state index contributed by atoms with van der Waals surface area (Å²) in [4.78, 5) is 32.9. The Hall–Kier alpha value is -2.44. The molecule has 2 amide bonds. The van der Waals surface area contributed by atoms with Crippen LogP contribution >= 0.6 is 0 Å². The van der Waals surface area contributed by atoms with E-state index in [1.807, 2.05) is 18.0 Å². The molecule has 0 aromatic carbocycles. The number of carbonyl (C=O) groups excluding carboxylic acids is 2. The molecule has 0 radical (unpaired) electrons. The standard InChI is InChI=1S/C22H29N5O2/c1-23-21(28)15-12-16(13-9-10-13)24-20-18(15)19(25-26(20)2)17-8-5-11-27(17)22(29)14-6-3-4-7-14/h12-14,17H,3-11H2,1-2H3,(H,23,28). The van der Waals surface area contributed by atoms with Gasteiger partial charge >= 0.3 is 0 Å². The summed E-state index contributed by atoms with van der Waals surface area (Å²) in [5.41, 5.74) is 3.21. The van der Waals surface area contributed by atoms with Crippen LogP contribution in [0.3, 0.4) is 0 Å². The number of fused-ring (bicyclic) bond motifs is 1. The quantitative estimate of drug-likeness (QED) is 0.863. The summed E-state index contributed by atoms with van der Waals surface area (Å²) in [7, 11) is 3.55. The molecular formula is C22H29N5O2. The van der Waals surface area contributed by atoms with Gasteiger partial charge < -0.3 is 10.2 Å². The van der Waals surface area contributed by atoms with E-state index in [-0.39, 0.29) is 23.8 Å². The highest BCUT2D eigenvalue weighted by atomic mass is 16.2. The average molecular weight is 396 g/mol. The molecule has 7 nitrogen and oxygen atoms in total. The molecule has 3 heterocycles. The largest absolute Gasteiger partial charge is 0.355 e. The fraction of sp³-hybridized carbons (Fsp3) is 0.636. The van der Waals surface area contributed by atoms with Crippen molar-refractivity contribution < 1.29 is 9.59 Å². The first-order valence-electron chi connectivity index (χ1n) is 11.0. The van der Waals surface area contributed by atoms with Crippen molar-refractivity contribution in [1.29, 1.82) is 0 Å². The van der Waals surface area contributed by atoms with Gasteiger partial charge in [0.25, 0.3) is 5.91 Å². The average Bonchev–Trinajstić information content (AvgIpc) is 3.13. The second-order valence-corrected chi connectivity index (χ2v) is 8.83. The Morgan fingerprint density at radius 2 is 1.86 bits per heavy atom. The van der Waals surface area contributed by atoms with Crippen molar-refractivity contribution in [3.63, 3.8) is 0 Å². The van der Waals surface area contributed by atoms with Crippen LogP contribution in [0.4, 0.5) is 0 Å². The SMILES string of the molecule is CNC(=O)c1cc(C2CC2)nc2c1c(C1CCCN1C(=O)C1CCCC1)nn2C. The number of amides is 2. The van der Waals surface area contributed by atoms with E-state index in [0.717, 1.165) is 80.3 Å². The van der Waals surface area contributed by atoms with Crippen molar-refractivity contribution in [3.8, 4) is 0 Å². The molecule has 0 bridgehead atoms. The highest BCUT2D eigenvalue weighted by Crippen LogP contribution is 2.42. The van der Waals surface area contributed by atoms with E-state index in [2.05, 4.69) is 5.32 Å². The van der Waals surface area contributed by atoms with Gasteiger partial charge in [0, 0.05) is 38.2 Å². The lowest BCUT2D eigenvalue weighted by atomic mass is 10.0. The maximum atomic E-state index is 13.2. The number of hydrogen-bond acceptors (Lipinski definition) is 4. The molecule has 3 fully saturated rings. The van der Waals surface area contributed by atoms with Crippen molar-refractivity contribution in [1.82, 2.24) is 25.0 Å². The van der Waals surface area contributed by atoms with Crippen LogP contribution in [0.2, 0.25) is 0 Å². The second-order valence-electron chi connectivity index (χ2n) is 8.83. The number of pyridine rings is 1. The highest BCUT2D eigenvalue weighted by molar-refractivity contribution is 6.06. The summed E-state index contributed by atoms with van der Waals surface area (Å²) in [6.45, 7) is 0.779. The van der Waals surface area contributed by atoms with E-state index in [1.54, 1.807) is 11.7 Å². The van der Waals surface area contributed by atoms with E-state index in [1.165, 1.54) is 0 Å². The Morgan fingerprint density at radius 3 is 2.55 bits per heavy atom. The molecule has 1 saturated heterocycles. The predicted octanol–water partition coefficient (Wildman–Crippen LogP) is 3.06. The Balaban J connectivity index is 1.60. The molecular weight excluding hydrogens is 366 g/mol. The maximum absolute atomic E-state index is 13.2. The number of nitrogens with one attached hydrogen (secondary N) is 1. The monoisotopic (exact) mass is 395 g/mol. The highest BCUT2D eigenvalue weighted by Gasteiger charge is 2.38. The predicted molar refractivity (Wildman–Crippen MR) is 110 cm³/mol. The summed E-state index contributed by atoms with van der Waals surface area (Å²) in [6.07, 6.45) is 8.42. The molecule has 2 aromatic rings. The van der Waals surface area contributed by atoms with Crippen LogP contribution in [0.1, 0.15) is 85.1 Å². The number of aromatic nitrogens is 3. The zero-order chi connectivity index (χ0) is 20.1. The van der Waals surface area contributed by atoms with Crippen LogP contribution in [0, 0.1) is 5.92 Å². The summed E-state index contributed by atoms with van der Waals surface area (Å²) >= 11 is 0. The molecule has 1 N–H and O–H groups in total. The number of rotatable bonds is 4. The molecule has 1 unspecified atom stereocenters. The molecule has 3 aliphatic rings. The number of nitrogens with zero attached hydrogens (tertiary/aromatic N) is 4. The van der Waals surface area contributed by atoms with Crippen LogP contribution in [-0.2, 0) is 11.8 Å². The Labute approximate surface area is 170 Å². The van der Waals surface area contributed by atoms with Crippen molar-refractivity contribution in [2.45, 2.75) is 63.3 Å². The lowest BCUT2D eigenvalue weighted by Crippen LogP contribution is -2.35. The van der Waals surface area contributed by atoms with Crippen LogP contribution in [0.5, 0.6) is 0 Å². The van der Waals surface area contributed by atoms with Gasteiger partial charge in [-0.3, -0.25) is 14.3 Å². The third-order valence-electron chi connectivity index (χ3n) is 6.86. The molecule has 154 valence electrons. The summed E-state index contributed by atoms with van der Waals surface area (Å²) in [6, 6.07) is 1.88. The van der Waals surface area contributed by atoms with Gasteiger partial charge in [0.1, 0.15) is 0 Å². The third-order valence-corrected chi connectivity index (χ3v) is 6.86. The van der Waals surface area contributed by atoms with Crippen LogP contribution in [0.25, 0.3) is 11.0 Å². The topological polar surface area (TPSA) is 80.1 Å². The van der Waals surface area contributed by atoms with Gasteiger partial charge in [-0.25, -0.2) is 4.98 Å². The van der Waals surface area contributed by atoms with Crippen LogP contribution < -0.4 is 5.32 Å². The molecule has 1 aliphatic heterocycles. The second kappa shape index (κ2) is 7.11. The van der Waals surface area contributed by atoms with Gasteiger partial charge in [-0.05, 0) is 44.6 Å². The van der Waals surface area contributed by atoms with Gasteiger partial charge in [0.05, 0.1) is 22.7 Å². The van der Waals surface area contributed by atoms with E-state index >= 15 is 0 Å². The Bertz CT molecular complexity index is 971. The van der Waals surface area contributed by atoms with Gasteiger partial charge in [-0.15, -0.1) is 0 Å². The van der Waals surface area contributed by atoms with Crippen molar-refractivity contribution in [2.75, 3.05) is 13.6 Å². The normalized spacial score (nSPS) is 22.6.